The number of rotatable bonds is 12. The van der Waals surface area contributed by atoms with Crippen molar-refractivity contribution in [3.63, 3.8) is 0 Å². The fourth-order valence-corrected chi connectivity index (χ4v) is 2.63. The molecule has 1 aromatic rings. The highest BCUT2D eigenvalue weighted by atomic mass is 16.6. The number of hydrogen-bond acceptors (Lipinski definition) is 3. The van der Waals surface area contributed by atoms with E-state index in [9.17, 15) is 4.79 Å². The Morgan fingerprint density at radius 1 is 0.826 bits per heavy atom. The number of unbranched alkanes of at least 4 members (excludes halogenated alkanes) is 6. The lowest BCUT2D eigenvalue weighted by Crippen LogP contribution is -2.11. The summed E-state index contributed by atoms with van der Waals surface area (Å²) in [7, 11) is 0. The van der Waals surface area contributed by atoms with Crippen LogP contribution in [0.5, 0.6) is 0 Å². The van der Waals surface area contributed by atoms with Crippen molar-refractivity contribution in [3.05, 3.63) is 34.9 Å². The van der Waals surface area contributed by atoms with E-state index in [4.69, 9.17) is 9.47 Å². The highest BCUT2D eigenvalue weighted by Crippen LogP contribution is 2.10. The molecular weight excluding hydrogens is 288 g/mol. The van der Waals surface area contributed by atoms with Gasteiger partial charge in [0, 0.05) is 6.61 Å². The zero-order chi connectivity index (χ0) is 16.9. The van der Waals surface area contributed by atoms with Gasteiger partial charge in [0.05, 0.1) is 12.2 Å². The molecule has 0 spiro atoms. The van der Waals surface area contributed by atoms with Gasteiger partial charge in [-0.3, -0.25) is 0 Å². The minimum Gasteiger partial charge on any atom is -0.460 e. The summed E-state index contributed by atoms with van der Waals surface area (Å²) in [6.07, 6.45) is 8.95. The molecule has 0 saturated heterocycles. The van der Waals surface area contributed by atoms with Crippen LogP contribution in [-0.4, -0.2) is 25.8 Å². The first-order chi connectivity index (χ1) is 11.1. The number of carbonyl (C=O) groups excluding carboxylic acids is 1. The molecule has 0 amide bonds. The molecule has 0 aliphatic rings. The van der Waals surface area contributed by atoms with E-state index < -0.39 is 0 Å². The minimum absolute atomic E-state index is 0.267. The molecule has 3 heteroatoms. The first-order valence-corrected chi connectivity index (χ1v) is 8.96. The monoisotopic (exact) mass is 320 g/mol. The summed E-state index contributed by atoms with van der Waals surface area (Å²) in [5, 5.41) is 0. The fourth-order valence-electron chi connectivity index (χ4n) is 2.63. The lowest BCUT2D eigenvalue weighted by molar-refractivity contribution is 0.0312. The average Bonchev–Trinajstić information content (AvgIpc) is 2.51. The van der Waals surface area contributed by atoms with Crippen LogP contribution in [0.3, 0.4) is 0 Å². The lowest BCUT2D eigenvalue weighted by Gasteiger charge is -2.07. The topological polar surface area (TPSA) is 35.5 Å². The van der Waals surface area contributed by atoms with Crippen LogP contribution in [-0.2, 0) is 9.47 Å². The third kappa shape index (κ3) is 9.39. The first-order valence-electron chi connectivity index (χ1n) is 8.96. The molecular formula is C20H32O3. The van der Waals surface area contributed by atoms with Crippen LogP contribution in [0.1, 0.15) is 73.4 Å². The Morgan fingerprint density at radius 3 is 2.09 bits per heavy atom. The largest absolute Gasteiger partial charge is 0.460 e. The Hall–Kier alpha value is -1.35. The van der Waals surface area contributed by atoms with E-state index in [1.165, 1.54) is 38.5 Å². The quantitative estimate of drug-likeness (QED) is 0.391. The zero-order valence-corrected chi connectivity index (χ0v) is 15.0. The molecule has 0 radical (unpaired) electrons. The van der Waals surface area contributed by atoms with Crippen molar-refractivity contribution in [3.8, 4) is 0 Å². The van der Waals surface area contributed by atoms with Gasteiger partial charge in [0.2, 0.25) is 0 Å². The molecule has 1 aromatic carbocycles. The van der Waals surface area contributed by atoms with Crippen molar-refractivity contribution in [2.24, 2.45) is 0 Å². The molecule has 130 valence electrons. The summed E-state index contributed by atoms with van der Waals surface area (Å²) in [4.78, 5) is 11.9. The molecule has 1 rings (SSSR count). The number of hydrogen-bond donors (Lipinski definition) is 0. The number of esters is 1. The van der Waals surface area contributed by atoms with Crippen LogP contribution in [0, 0.1) is 13.8 Å². The smallest absolute Gasteiger partial charge is 0.338 e. The summed E-state index contributed by atoms with van der Waals surface area (Å²) in [5.41, 5.74) is 2.77. The van der Waals surface area contributed by atoms with Gasteiger partial charge in [0.15, 0.2) is 0 Å². The Bertz CT molecular complexity index is 434. The highest BCUT2D eigenvalue weighted by molar-refractivity contribution is 5.89. The molecule has 0 unspecified atom stereocenters. The molecule has 0 saturated carbocycles. The summed E-state index contributed by atoms with van der Waals surface area (Å²) >= 11 is 0. The lowest BCUT2D eigenvalue weighted by atomic mass is 10.1. The van der Waals surface area contributed by atoms with E-state index >= 15 is 0 Å². The summed E-state index contributed by atoms with van der Waals surface area (Å²) in [5.74, 6) is -0.267. The van der Waals surface area contributed by atoms with Gasteiger partial charge in [-0.15, -0.1) is 0 Å². The Balaban J connectivity index is 2.01. The summed E-state index contributed by atoms with van der Waals surface area (Å²) < 4.78 is 10.8. The SMILES string of the molecule is CCCCCCCCCOCCOC(=O)c1cc(C)cc(C)c1. The first kappa shape index (κ1) is 19.7. The van der Waals surface area contributed by atoms with Crippen molar-refractivity contribution in [2.45, 2.75) is 65.7 Å². The second-order valence-corrected chi connectivity index (χ2v) is 6.25. The van der Waals surface area contributed by atoms with Crippen molar-refractivity contribution >= 4 is 5.97 Å². The molecule has 0 aliphatic heterocycles. The summed E-state index contributed by atoms with van der Waals surface area (Å²) in [6, 6.07) is 5.76. The molecule has 0 atom stereocenters. The number of aryl methyl sites for hydroxylation is 2. The van der Waals surface area contributed by atoms with E-state index in [2.05, 4.69) is 6.92 Å². The van der Waals surface area contributed by atoms with Crippen molar-refractivity contribution in [1.29, 1.82) is 0 Å². The van der Waals surface area contributed by atoms with E-state index in [1.54, 1.807) is 0 Å². The van der Waals surface area contributed by atoms with Crippen LogP contribution < -0.4 is 0 Å². The maximum Gasteiger partial charge on any atom is 0.338 e. The standard InChI is InChI=1S/C20H32O3/c1-4-5-6-7-8-9-10-11-22-12-13-23-20(21)19-15-17(2)14-18(3)16-19/h14-16H,4-13H2,1-3H3. The Morgan fingerprint density at radius 2 is 1.43 bits per heavy atom. The van der Waals surface area contributed by atoms with E-state index in [0.717, 1.165) is 24.2 Å². The van der Waals surface area contributed by atoms with E-state index in [0.29, 0.717) is 18.8 Å². The van der Waals surface area contributed by atoms with Gasteiger partial charge in [-0.1, -0.05) is 62.6 Å². The Kier molecular flexibility index (Phi) is 10.4. The maximum absolute atomic E-state index is 11.9. The summed E-state index contributed by atoms with van der Waals surface area (Å²) in [6.45, 7) is 7.76. The third-order valence-corrected chi connectivity index (χ3v) is 3.81. The van der Waals surface area contributed by atoms with Crippen molar-refractivity contribution < 1.29 is 14.3 Å². The van der Waals surface area contributed by atoms with Crippen molar-refractivity contribution in [1.82, 2.24) is 0 Å². The number of ether oxygens (including phenoxy) is 2. The van der Waals surface area contributed by atoms with Crippen LogP contribution in [0.4, 0.5) is 0 Å². The molecule has 23 heavy (non-hydrogen) atoms. The second kappa shape index (κ2) is 12.1. The van der Waals surface area contributed by atoms with Crippen LogP contribution in [0.2, 0.25) is 0 Å². The zero-order valence-electron chi connectivity index (χ0n) is 15.0. The van der Waals surface area contributed by atoms with E-state index in [1.807, 2.05) is 32.0 Å². The van der Waals surface area contributed by atoms with Crippen LogP contribution in [0.15, 0.2) is 18.2 Å². The minimum atomic E-state index is -0.267. The normalized spacial score (nSPS) is 10.7. The number of benzene rings is 1. The van der Waals surface area contributed by atoms with Gasteiger partial charge >= 0.3 is 5.97 Å². The predicted octanol–water partition coefficient (Wildman–Crippen LogP) is 5.23. The van der Waals surface area contributed by atoms with Crippen LogP contribution in [0.25, 0.3) is 0 Å². The number of carbonyl (C=O) groups is 1. The van der Waals surface area contributed by atoms with Gasteiger partial charge in [-0.25, -0.2) is 4.79 Å². The second-order valence-electron chi connectivity index (χ2n) is 6.25. The van der Waals surface area contributed by atoms with E-state index in [-0.39, 0.29) is 5.97 Å². The Labute approximate surface area is 141 Å². The van der Waals surface area contributed by atoms with Gasteiger partial charge in [0.25, 0.3) is 0 Å². The highest BCUT2D eigenvalue weighted by Gasteiger charge is 2.07. The van der Waals surface area contributed by atoms with Crippen LogP contribution >= 0.6 is 0 Å². The molecule has 0 aliphatic carbocycles. The predicted molar refractivity (Wildman–Crippen MR) is 95.0 cm³/mol. The molecule has 0 bridgehead atoms. The molecule has 0 heterocycles. The van der Waals surface area contributed by atoms with Gasteiger partial charge in [-0.05, 0) is 32.4 Å². The fraction of sp³-hybridized carbons (Fsp3) is 0.650. The molecule has 3 nitrogen and oxygen atoms in total. The van der Waals surface area contributed by atoms with Gasteiger partial charge in [-0.2, -0.15) is 0 Å². The third-order valence-electron chi connectivity index (χ3n) is 3.81. The molecule has 0 N–H and O–H groups in total. The van der Waals surface area contributed by atoms with Gasteiger partial charge in [0.1, 0.15) is 6.61 Å². The van der Waals surface area contributed by atoms with Crippen molar-refractivity contribution in [2.75, 3.05) is 19.8 Å². The maximum atomic E-state index is 11.9. The molecule has 0 aromatic heterocycles. The average molecular weight is 320 g/mol. The molecule has 0 fully saturated rings. The van der Waals surface area contributed by atoms with Gasteiger partial charge < -0.3 is 9.47 Å².